The van der Waals surface area contributed by atoms with Gasteiger partial charge < -0.3 is 5.32 Å². The second-order valence-electron chi connectivity index (χ2n) is 7.41. The molecule has 1 aliphatic heterocycles. The molecule has 3 heteroatoms. The van der Waals surface area contributed by atoms with Crippen molar-refractivity contribution in [3.05, 3.63) is 29.6 Å². The molecule has 118 valence electrons. The van der Waals surface area contributed by atoms with Crippen LogP contribution in [0.1, 0.15) is 58.2 Å². The van der Waals surface area contributed by atoms with E-state index in [-0.39, 0.29) is 5.54 Å². The zero-order chi connectivity index (χ0) is 15.3. The van der Waals surface area contributed by atoms with E-state index in [1.165, 1.54) is 43.6 Å². The number of hydrogen-bond acceptors (Lipinski definition) is 3. The van der Waals surface area contributed by atoms with Crippen LogP contribution >= 0.6 is 0 Å². The number of rotatable bonds is 5. The lowest BCUT2D eigenvalue weighted by atomic mass is 9.95. The third-order valence-electron chi connectivity index (χ3n) is 4.27. The zero-order valence-electron chi connectivity index (χ0n) is 14.2. The van der Waals surface area contributed by atoms with Crippen LogP contribution in [-0.2, 0) is 13.1 Å². The number of pyridine rings is 1. The van der Waals surface area contributed by atoms with Crippen molar-refractivity contribution < 1.29 is 0 Å². The Kier molecular flexibility index (Phi) is 5.77. The van der Waals surface area contributed by atoms with Crippen LogP contribution in [0.15, 0.2) is 18.3 Å². The summed E-state index contributed by atoms with van der Waals surface area (Å²) in [7, 11) is 0. The number of nitrogens with zero attached hydrogens (tertiary/aromatic N) is 2. The van der Waals surface area contributed by atoms with Gasteiger partial charge in [0.15, 0.2) is 0 Å². The molecule has 0 aliphatic carbocycles. The molecule has 1 aromatic rings. The van der Waals surface area contributed by atoms with Crippen molar-refractivity contribution in [1.82, 2.24) is 15.2 Å². The van der Waals surface area contributed by atoms with E-state index in [2.05, 4.69) is 55.0 Å². The number of hydrogen-bond donors (Lipinski definition) is 1. The lowest BCUT2D eigenvalue weighted by molar-refractivity contribution is 0.163. The fraction of sp³-hybridized carbons (Fsp3) is 0.722. The van der Waals surface area contributed by atoms with Gasteiger partial charge in [-0.25, -0.2) is 0 Å². The molecule has 2 heterocycles. The van der Waals surface area contributed by atoms with Crippen LogP contribution in [0.5, 0.6) is 0 Å². The molecular formula is C18H31N3. The van der Waals surface area contributed by atoms with E-state index in [9.17, 15) is 0 Å². The maximum atomic E-state index is 4.64. The summed E-state index contributed by atoms with van der Waals surface area (Å²) in [5.74, 6) is 0.883. The van der Waals surface area contributed by atoms with Gasteiger partial charge in [0.25, 0.3) is 0 Å². The summed E-state index contributed by atoms with van der Waals surface area (Å²) in [4.78, 5) is 7.21. The predicted octanol–water partition coefficient (Wildman–Crippen LogP) is 3.59. The number of piperidine rings is 1. The molecule has 0 saturated carbocycles. The second kappa shape index (κ2) is 7.37. The highest BCUT2D eigenvalue weighted by molar-refractivity contribution is 5.14. The van der Waals surface area contributed by atoms with Gasteiger partial charge in [0.05, 0.1) is 5.69 Å². The van der Waals surface area contributed by atoms with E-state index in [0.717, 1.165) is 19.0 Å². The second-order valence-corrected chi connectivity index (χ2v) is 7.41. The van der Waals surface area contributed by atoms with Crippen LogP contribution in [0, 0.1) is 5.92 Å². The molecule has 1 aromatic heterocycles. The molecule has 21 heavy (non-hydrogen) atoms. The van der Waals surface area contributed by atoms with E-state index in [4.69, 9.17) is 0 Å². The average Bonchev–Trinajstić information content (AvgIpc) is 2.46. The summed E-state index contributed by atoms with van der Waals surface area (Å²) < 4.78 is 0. The van der Waals surface area contributed by atoms with Crippen molar-refractivity contribution in [1.29, 1.82) is 0 Å². The van der Waals surface area contributed by atoms with Crippen LogP contribution in [0.3, 0.4) is 0 Å². The fourth-order valence-corrected chi connectivity index (χ4v) is 2.88. The van der Waals surface area contributed by atoms with Crippen molar-refractivity contribution in [2.75, 3.05) is 13.1 Å². The molecule has 0 bridgehead atoms. The molecule has 0 radical (unpaired) electrons. The van der Waals surface area contributed by atoms with Gasteiger partial charge in [-0.2, -0.15) is 0 Å². The van der Waals surface area contributed by atoms with Crippen LogP contribution in [0.4, 0.5) is 0 Å². The van der Waals surface area contributed by atoms with Crippen molar-refractivity contribution in [2.45, 2.75) is 65.6 Å². The minimum Gasteiger partial charge on any atom is -0.308 e. The Morgan fingerprint density at radius 1 is 1.33 bits per heavy atom. The normalized spacial score (nSPS) is 20.7. The van der Waals surface area contributed by atoms with E-state index in [1.807, 2.05) is 6.20 Å². The Balaban J connectivity index is 1.84. The van der Waals surface area contributed by atoms with Crippen LogP contribution < -0.4 is 5.32 Å². The predicted molar refractivity (Wildman–Crippen MR) is 89.1 cm³/mol. The summed E-state index contributed by atoms with van der Waals surface area (Å²) in [6.07, 6.45) is 6.07. The highest BCUT2D eigenvalue weighted by Gasteiger charge is 2.18. The highest BCUT2D eigenvalue weighted by atomic mass is 15.1. The van der Waals surface area contributed by atoms with E-state index in [1.54, 1.807) is 0 Å². The molecule has 1 aliphatic rings. The largest absolute Gasteiger partial charge is 0.308 e. The first-order valence-electron chi connectivity index (χ1n) is 8.37. The van der Waals surface area contributed by atoms with Crippen LogP contribution in [0.25, 0.3) is 0 Å². The SMILES string of the molecule is CCC1CCCN(Cc2ccc(CNC(C)(C)C)cn2)C1. The topological polar surface area (TPSA) is 28.2 Å². The number of likely N-dealkylation sites (tertiary alicyclic amines) is 1. The van der Waals surface area contributed by atoms with Crippen molar-refractivity contribution in [3.63, 3.8) is 0 Å². The van der Waals surface area contributed by atoms with Gasteiger partial charge in [-0.1, -0.05) is 19.4 Å². The Labute approximate surface area is 130 Å². The zero-order valence-corrected chi connectivity index (χ0v) is 14.2. The molecule has 1 N–H and O–H groups in total. The van der Waals surface area contributed by atoms with Crippen molar-refractivity contribution in [2.24, 2.45) is 5.92 Å². The number of aromatic nitrogens is 1. The molecule has 1 atom stereocenters. The van der Waals surface area contributed by atoms with Crippen LogP contribution in [0.2, 0.25) is 0 Å². The third-order valence-corrected chi connectivity index (χ3v) is 4.27. The Hall–Kier alpha value is -0.930. The standard InChI is InChI=1S/C18H31N3/c1-5-15-7-6-10-21(13-15)14-17-9-8-16(11-19-17)12-20-18(2,3)4/h8-9,11,15,20H,5-7,10,12-14H2,1-4H3. The molecule has 1 fully saturated rings. The van der Waals surface area contributed by atoms with Gasteiger partial charge in [-0.05, 0) is 57.7 Å². The first kappa shape index (κ1) is 16.4. The molecule has 0 spiro atoms. The smallest absolute Gasteiger partial charge is 0.0544 e. The van der Waals surface area contributed by atoms with Crippen molar-refractivity contribution >= 4 is 0 Å². The summed E-state index contributed by atoms with van der Waals surface area (Å²) >= 11 is 0. The molecule has 0 amide bonds. The van der Waals surface area contributed by atoms with Gasteiger partial charge in [0.1, 0.15) is 0 Å². The summed E-state index contributed by atoms with van der Waals surface area (Å²) in [6, 6.07) is 4.40. The number of nitrogens with one attached hydrogen (secondary N) is 1. The minimum absolute atomic E-state index is 0.154. The molecule has 2 rings (SSSR count). The van der Waals surface area contributed by atoms with Crippen molar-refractivity contribution in [3.8, 4) is 0 Å². The Morgan fingerprint density at radius 2 is 2.14 bits per heavy atom. The van der Waals surface area contributed by atoms with E-state index in [0.29, 0.717) is 0 Å². The summed E-state index contributed by atoms with van der Waals surface area (Å²) in [5, 5.41) is 3.50. The van der Waals surface area contributed by atoms with Gasteiger partial charge in [0.2, 0.25) is 0 Å². The van der Waals surface area contributed by atoms with E-state index >= 15 is 0 Å². The molecular weight excluding hydrogens is 258 g/mol. The quantitative estimate of drug-likeness (QED) is 0.898. The highest BCUT2D eigenvalue weighted by Crippen LogP contribution is 2.20. The summed E-state index contributed by atoms with van der Waals surface area (Å²) in [6.45, 7) is 13.2. The Bertz CT molecular complexity index is 419. The molecule has 3 nitrogen and oxygen atoms in total. The molecule has 1 saturated heterocycles. The minimum atomic E-state index is 0.154. The van der Waals surface area contributed by atoms with Crippen LogP contribution in [-0.4, -0.2) is 28.5 Å². The van der Waals surface area contributed by atoms with Gasteiger partial charge in [-0.3, -0.25) is 9.88 Å². The first-order valence-corrected chi connectivity index (χ1v) is 8.37. The average molecular weight is 289 g/mol. The lowest BCUT2D eigenvalue weighted by Crippen LogP contribution is -2.35. The third kappa shape index (κ3) is 5.76. The van der Waals surface area contributed by atoms with Gasteiger partial charge in [0, 0.05) is 31.4 Å². The summed E-state index contributed by atoms with van der Waals surface area (Å²) in [5.41, 5.74) is 2.62. The fourth-order valence-electron chi connectivity index (χ4n) is 2.88. The maximum absolute atomic E-state index is 4.64. The van der Waals surface area contributed by atoms with Gasteiger partial charge in [-0.15, -0.1) is 0 Å². The monoisotopic (exact) mass is 289 g/mol. The lowest BCUT2D eigenvalue weighted by Gasteiger charge is -2.31. The molecule has 0 aromatic carbocycles. The first-order chi connectivity index (χ1) is 9.96. The molecule has 1 unspecified atom stereocenters. The van der Waals surface area contributed by atoms with Gasteiger partial charge >= 0.3 is 0 Å². The maximum Gasteiger partial charge on any atom is 0.0544 e. The van der Waals surface area contributed by atoms with E-state index < -0.39 is 0 Å². The Morgan fingerprint density at radius 3 is 2.76 bits per heavy atom.